The highest BCUT2D eigenvalue weighted by molar-refractivity contribution is 7.98. The van der Waals surface area contributed by atoms with Gasteiger partial charge in [0.05, 0.1) is 5.69 Å². The average molecular weight is 488 g/mol. The zero-order chi connectivity index (χ0) is 24.2. The number of benzene rings is 1. The zero-order valence-corrected chi connectivity index (χ0v) is 20.7. The number of pyridine rings is 1. The van der Waals surface area contributed by atoms with Crippen LogP contribution in [-0.2, 0) is 10.5 Å². The number of carbonyl (C=O) groups is 2. The van der Waals surface area contributed by atoms with Crippen LogP contribution >= 0.6 is 11.8 Å². The Balaban J connectivity index is 1.29. The van der Waals surface area contributed by atoms with Crippen LogP contribution in [0.4, 0.5) is 5.69 Å². The Morgan fingerprint density at radius 3 is 2.86 bits per heavy atom. The minimum absolute atomic E-state index is 0.0149. The summed E-state index contributed by atoms with van der Waals surface area (Å²) < 4.78 is 0. The van der Waals surface area contributed by atoms with E-state index in [4.69, 9.17) is 4.98 Å². The fourth-order valence-electron chi connectivity index (χ4n) is 4.85. The summed E-state index contributed by atoms with van der Waals surface area (Å²) in [6.45, 7) is 4.13. The largest absolute Gasteiger partial charge is 0.338 e. The Morgan fingerprint density at radius 2 is 2.06 bits per heavy atom. The topological polar surface area (TPSA) is 79.3 Å². The first-order valence-electron chi connectivity index (χ1n) is 12.1. The predicted octanol–water partition coefficient (Wildman–Crippen LogP) is 4.62. The van der Waals surface area contributed by atoms with Gasteiger partial charge in [0.25, 0.3) is 5.91 Å². The molecule has 2 fully saturated rings. The zero-order valence-electron chi connectivity index (χ0n) is 19.9. The Hall–Kier alpha value is -3.26. The van der Waals surface area contributed by atoms with Gasteiger partial charge in [-0.05, 0) is 61.6 Å². The molecule has 35 heavy (non-hydrogen) atoms. The van der Waals surface area contributed by atoms with Crippen LogP contribution in [0.1, 0.15) is 58.8 Å². The number of anilines is 1. The molecule has 0 unspecified atom stereocenters. The third-order valence-electron chi connectivity index (χ3n) is 6.65. The molecule has 0 saturated carbocycles. The van der Waals surface area contributed by atoms with Crippen molar-refractivity contribution in [3.05, 3.63) is 77.4 Å². The van der Waals surface area contributed by atoms with Crippen LogP contribution in [0.3, 0.4) is 0 Å². The first kappa shape index (κ1) is 23.5. The molecular weight excluding hydrogens is 458 g/mol. The average Bonchev–Trinajstić information content (AvgIpc) is 3.34. The molecule has 2 saturated heterocycles. The highest BCUT2D eigenvalue weighted by Gasteiger charge is 2.29. The van der Waals surface area contributed by atoms with E-state index in [9.17, 15) is 9.59 Å². The number of aromatic nitrogens is 3. The molecular formula is C27H29N5O2S. The van der Waals surface area contributed by atoms with Crippen LogP contribution < -0.4 is 4.90 Å². The summed E-state index contributed by atoms with van der Waals surface area (Å²) >= 11 is 1.60. The lowest BCUT2D eigenvalue weighted by Gasteiger charge is -2.33. The maximum Gasteiger partial charge on any atom is 0.253 e. The molecule has 1 atom stereocenters. The van der Waals surface area contributed by atoms with Crippen LogP contribution in [-0.4, -0.2) is 51.3 Å². The van der Waals surface area contributed by atoms with Crippen molar-refractivity contribution in [3.8, 4) is 0 Å². The first-order chi connectivity index (χ1) is 17.1. The summed E-state index contributed by atoms with van der Waals surface area (Å²) in [6.07, 6.45) is 8.90. The van der Waals surface area contributed by atoms with E-state index < -0.39 is 0 Å². The number of rotatable bonds is 6. The summed E-state index contributed by atoms with van der Waals surface area (Å²) in [5.41, 5.74) is 4.67. The van der Waals surface area contributed by atoms with Crippen molar-refractivity contribution in [2.24, 2.45) is 0 Å². The maximum absolute atomic E-state index is 13.4. The Labute approximate surface area is 210 Å². The number of aryl methyl sites for hydroxylation is 1. The molecule has 0 aliphatic carbocycles. The number of nitrogens with zero attached hydrogens (tertiary/aromatic N) is 5. The van der Waals surface area contributed by atoms with Gasteiger partial charge in [-0.15, -0.1) is 0 Å². The van der Waals surface area contributed by atoms with Crippen LogP contribution in [0, 0.1) is 6.92 Å². The van der Waals surface area contributed by atoms with Crippen LogP contribution in [0.2, 0.25) is 0 Å². The molecule has 0 bridgehead atoms. The summed E-state index contributed by atoms with van der Waals surface area (Å²) in [5, 5.41) is 0.751. The summed E-state index contributed by atoms with van der Waals surface area (Å²) in [7, 11) is 0. The number of carbonyl (C=O) groups excluding carboxylic acids is 2. The fourth-order valence-corrected chi connectivity index (χ4v) is 5.60. The van der Waals surface area contributed by atoms with Crippen molar-refractivity contribution in [3.63, 3.8) is 0 Å². The molecule has 4 heterocycles. The van der Waals surface area contributed by atoms with Crippen molar-refractivity contribution in [1.29, 1.82) is 0 Å². The van der Waals surface area contributed by atoms with Crippen molar-refractivity contribution in [1.82, 2.24) is 19.9 Å². The summed E-state index contributed by atoms with van der Waals surface area (Å²) in [6, 6.07) is 11.5. The molecule has 2 aliphatic heterocycles. The predicted molar refractivity (Wildman–Crippen MR) is 136 cm³/mol. The summed E-state index contributed by atoms with van der Waals surface area (Å²) in [4.78, 5) is 42.9. The second-order valence-electron chi connectivity index (χ2n) is 9.16. The number of piperidine rings is 1. The van der Waals surface area contributed by atoms with Crippen LogP contribution in [0.5, 0.6) is 0 Å². The van der Waals surface area contributed by atoms with Crippen LogP contribution in [0.25, 0.3) is 0 Å². The molecule has 0 spiro atoms. The lowest BCUT2D eigenvalue weighted by atomic mass is 9.92. The molecule has 2 aromatic heterocycles. The molecule has 1 aromatic carbocycles. The van der Waals surface area contributed by atoms with Gasteiger partial charge in [0.1, 0.15) is 0 Å². The van der Waals surface area contributed by atoms with Crippen molar-refractivity contribution in [2.75, 3.05) is 24.5 Å². The monoisotopic (exact) mass is 487 g/mol. The van der Waals surface area contributed by atoms with Gasteiger partial charge in [0, 0.05) is 67.6 Å². The van der Waals surface area contributed by atoms with E-state index in [2.05, 4.69) is 9.97 Å². The number of likely N-dealkylation sites (tertiary alicyclic amines) is 1. The minimum atomic E-state index is 0.0149. The van der Waals surface area contributed by atoms with Gasteiger partial charge in [-0.25, -0.2) is 9.97 Å². The first-order valence-corrected chi connectivity index (χ1v) is 13.1. The van der Waals surface area contributed by atoms with E-state index in [-0.39, 0.29) is 17.7 Å². The van der Waals surface area contributed by atoms with E-state index in [0.717, 1.165) is 65.8 Å². The normalized spacial score (nSPS) is 18.2. The third-order valence-corrected chi connectivity index (χ3v) is 7.59. The molecule has 5 rings (SSSR count). The molecule has 0 radical (unpaired) electrons. The second-order valence-corrected chi connectivity index (χ2v) is 10.1. The van der Waals surface area contributed by atoms with Gasteiger partial charge in [-0.1, -0.05) is 23.9 Å². The Kier molecular flexibility index (Phi) is 7.08. The molecule has 3 aromatic rings. The second kappa shape index (κ2) is 10.6. The molecule has 0 N–H and O–H groups in total. The molecule has 2 amide bonds. The highest BCUT2D eigenvalue weighted by Crippen LogP contribution is 2.31. The smallest absolute Gasteiger partial charge is 0.253 e. The minimum Gasteiger partial charge on any atom is -0.338 e. The third kappa shape index (κ3) is 5.37. The highest BCUT2D eigenvalue weighted by atomic mass is 32.2. The Morgan fingerprint density at radius 1 is 1.14 bits per heavy atom. The van der Waals surface area contributed by atoms with Gasteiger partial charge < -0.3 is 9.80 Å². The SMILES string of the molecule is Cc1cnc(SCc2cccnc2)nc1[C@H]1CCCN(C(=O)c2cccc(N3CCCC3=O)c2)C1. The Bertz CT molecular complexity index is 1220. The lowest BCUT2D eigenvalue weighted by molar-refractivity contribution is -0.117. The molecule has 2 aliphatic rings. The van der Waals surface area contributed by atoms with Crippen molar-refractivity contribution >= 4 is 29.3 Å². The van der Waals surface area contributed by atoms with Gasteiger partial charge in [0.2, 0.25) is 5.91 Å². The number of hydrogen-bond donors (Lipinski definition) is 0. The van der Waals surface area contributed by atoms with Crippen molar-refractivity contribution < 1.29 is 9.59 Å². The van der Waals surface area contributed by atoms with E-state index in [1.807, 2.05) is 60.6 Å². The standard InChI is InChI=1S/C27H29N5O2S/c1-19-15-29-27(35-18-20-6-3-11-28-16-20)30-25(19)22-8-4-12-31(17-22)26(34)21-7-2-9-23(14-21)32-13-5-10-24(32)33/h2-3,6-7,9,11,14-16,22H,4-5,8,10,12-13,17-18H2,1H3/t22-/m0/s1. The van der Waals surface area contributed by atoms with Gasteiger partial charge in [-0.3, -0.25) is 14.6 Å². The van der Waals surface area contributed by atoms with Gasteiger partial charge in [-0.2, -0.15) is 0 Å². The maximum atomic E-state index is 13.4. The van der Waals surface area contributed by atoms with Crippen molar-refractivity contribution in [2.45, 2.75) is 49.4 Å². The fraction of sp³-hybridized carbons (Fsp3) is 0.370. The lowest BCUT2D eigenvalue weighted by Crippen LogP contribution is -2.39. The van der Waals surface area contributed by atoms with Crippen LogP contribution in [0.15, 0.2) is 60.1 Å². The molecule has 8 heteroatoms. The van der Waals surface area contributed by atoms with Gasteiger partial charge >= 0.3 is 0 Å². The van der Waals surface area contributed by atoms with E-state index in [1.54, 1.807) is 22.9 Å². The van der Waals surface area contributed by atoms with E-state index >= 15 is 0 Å². The van der Waals surface area contributed by atoms with E-state index in [1.165, 1.54) is 0 Å². The quantitative estimate of drug-likeness (QED) is 0.373. The number of hydrogen-bond acceptors (Lipinski definition) is 6. The number of thioether (sulfide) groups is 1. The van der Waals surface area contributed by atoms with Gasteiger partial charge in [0.15, 0.2) is 5.16 Å². The summed E-state index contributed by atoms with van der Waals surface area (Å²) in [5.74, 6) is 1.09. The molecule has 180 valence electrons. The molecule has 7 nitrogen and oxygen atoms in total. The van der Waals surface area contributed by atoms with E-state index in [0.29, 0.717) is 18.5 Å². The number of amides is 2.